The molecule has 0 saturated heterocycles. The third kappa shape index (κ3) is 5.37. The van der Waals surface area contributed by atoms with Crippen LogP contribution in [0.1, 0.15) is 0 Å². The van der Waals surface area contributed by atoms with Crippen molar-refractivity contribution < 1.29 is 0 Å². The molecule has 0 N–H and O–H groups in total. The van der Waals surface area contributed by atoms with Gasteiger partial charge in [-0.3, -0.25) is 14.5 Å². The van der Waals surface area contributed by atoms with Crippen LogP contribution in [0, 0.1) is 0 Å². The van der Waals surface area contributed by atoms with Crippen LogP contribution < -0.4 is 0 Å². The van der Waals surface area contributed by atoms with Crippen LogP contribution in [0.2, 0.25) is 0 Å². The van der Waals surface area contributed by atoms with Gasteiger partial charge in [-0.15, -0.1) is 11.3 Å². The Morgan fingerprint density at radius 1 is 0.419 bits per heavy atom. The number of fused-ring (bicyclic) bond motifs is 10. The van der Waals surface area contributed by atoms with Crippen molar-refractivity contribution in [1.82, 2.24) is 34.5 Å². The molecular formula is C54H31N7S. The summed E-state index contributed by atoms with van der Waals surface area (Å²) in [6.07, 6.45) is 3.65. The first kappa shape index (κ1) is 34.6. The zero-order valence-electron chi connectivity index (χ0n) is 32.9. The summed E-state index contributed by atoms with van der Waals surface area (Å²) in [4.78, 5) is 30.7. The summed E-state index contributed by atoms with van der Waals surface area (Å²) in [5.74, 6) is 1.44. The fraction of sp³-hybridized carbons (Fsp3) is 0. The second-order valence-electron chi connectivity index (χ2n) is 15.5. The molecule has 13 rings (SSSR count). The van der Waals surface area contributed by atoms with E-state index < -0.39 is 0 Å². The second-order valence-corrected chi connectivity index (χ2v) is 16.5. The molecule has 0 atom stereocenters. The molecule has 62 heavy (non-hydrogen) atoms. The highest BCUT2D eigenvalue weighted by molar-refractivity contribution is 7.21. The van der Waals surface area contributed by atoms with Crippen molar-refractivity contribution in [2.45, 2.75) is 0 Å². The van der Waals surface area contributed by atoms with Gasteiger partial charge in [-0.2, -0.15) is 9.97 Å². The Morgan fingerprint density at radius 2 is 0.984 bits per heavy atom. The van der Waals surface area contributed by atoms with E-state index in [4.69, 9.17) is 29.9 Å². The molecule has 288 valence electrons. The van der Waals surface area contributed by atoms with Crippen LogP contribution in [-0.2, 0) is 0 Å². The van der Waals surface area contributed by atoms with Crippen molar-refractivity contribution in [3.8, 4) is 50.7 Å². The molecule has 0 aliphatic carbocycles. The highest BCUT2D eigenvalue weighted by atomic mass is 32.1. The molecule has 0 spiro atoms. The number of benzene rings is 8. The minimum absolute atomic E-state index is 0.474. The molecule has 0 radical (unpaired) electrons. The molecule has 13 aromatic rings. The van der Waals surface area contributed by atoms with E-state index in [0.717, 1.165) is 92.1 Å². The lowest BCUT2D eigenvalue weighted by atomic mass is 9.94. The monoisotopic (exact) mass is 809 g/mol. The average molecular weight is 810 g/mol. The van der Waals surface area contributed by atoms with Gasteiger partial charge in [-0.05, 0) is 74.5 Å². The summed E-state index contributed by atoms with van der Waals surface area (Å²) >= 11 is 1.72. The third-order valence-electron chi connectivity index (χ3n) is 12.0. The predicted octanol–water partition coefficient (Wildman–Crippen LogP) is 13.6. The van der Waals surface area contributed by atoms with Gasteiger partial charge in [0.2, 0.25) is 5.95 Å². The molecule has 0 saturated carbocycles. The van der Waals surface area contributed by atoms with Crippen LogP contribution in [0.3, 0.4) is 0 Å². The smallest absolute Gasteiger partial charge is 0.238 e. The second kappa shape index (κ2) is 13.7. The molecule has 0 fully saturated rings. The fourth-order valence-electron chi connectivity index (χ4n) is 9.15. The SMILES string of the molecule is c1ccc2c(-c3nc(-c4nccc5ccccc45)nc(-n4c5ccc6ccccc6c5c5cc(-c6ccc(-c7nc8ccccc8s7)cc6)c6ccccc6c54)n3)nccc2c1. The average Bonchev–Trinajstić information content (AvgIpc) is 3.93. The highest BCUT2D eigenvalue weighted by Crippen LogP contribution is 2.44. The number of nitrogens with zero attached hydrogens (tertiary/aromatic N) is 7. The molecule has 5 heterocycles. The van der Waals surface area contributed by atoms with Gasteiger partial charge >= 0.3 is 0 Å². The van der Waals surface area contributed by atoms with Crippen LogP contribution >= 0.6 is 11.3 Å². The zero-order chi connectivity index (χ0) is 40.7. The number of thiazole rings is 1. The lowest BCUT2D eigenvalue weighted by Gasteiger charge is -2.14. The molecule has 8 heteroatoms. The Hall–Kier alpha value is -8.20. The predicted molar refractivity (Wildman–Crippen MR) is 255 cm³/mol. The summed E-state index contributed by atoms with van der Waals surface area (Å²) in [7, 11) is 0. The van der Waals surface area contributed by atoms with Gasteiger partial charge in [0, 0.05) is 44.9 Å². The van der Waals surface area contributed by atoms with Gasteiger partial charge < -0.3 is 0 Å². The van der Waals surface area contributed by atoms with Crippen LogP contribution in [0.15, 0.2) is 188 Å². The Morgan fingerprint density at radius 3 is 1.66 bits per heavy atom. The van der Waals surface area contributed by atoms with Crippen molar-refractivity contribution in [2.75, 3.05) is 0 Å². The van der Waals surface area contributed by atoms with Gasteiger partial charge in [0.15, 0.2) is 11.6 Å². The summed E-state index contributed by atoms with van der Waals surface area (Å²) < 4.78 is 3.41. The van der Waals surface area contributed by atoms with Crippen molar-refractivity contribution in [3.05, 3.63) is 188 Å². The number of pyridine rings is 2. The first-order chi connectivity index (χ1) is 30.7. The molecule has 0 unspecified atom stereocenters. The largest absolute Gasteiger partial charge is 0.277 e. The maximum atomic E-state index is 5.37. The van der Waals surface area contributed by atoms with E-state index >= 15 is 0 Å². The number of rotatable bonds is 5. The van der Waals surface area contributed by atoms with Gasteiger partial charge in [0.05, 0.1) is 21.3 Å². The maximum Gasteiger partial charge on any atom is 0.238 e. The lowest BCUT2D eigenvalue weighted by molar-refractivity contribution is 0.948. The molecule has 8 aromatic carbocycles. The maximum absolute atomic E-state index is 5.37. The molecule has 0 bridgehead atoms. The van der Waals surface area contributed by atoms with E-state index in [1.54, 1.807) is 11.3 Å². The molecule has 0 aliphatic heterocycles. The van der Waals surface area contributed by atoms with E-state index in [9.17, 15) is 0 Å². The van der Waals surface area contributed by atoms with E-state index in [0.29, 0.717) is 29.0 Å². The Balaban J connectivity index is 1.11. The molecule has 5 aromatic heterocycles. The summed E-state index contributed by atoms with van der Waals surface area (Å²) in [6, 6.07) is 61.7. The quantitative estimate of drug-likeness (QED) is 0.172. The fourth-order valence-corrected chi connectivity index (χ4v) is 10.1. The number of hydrogen-bond donors (Lipinski definition) is 0. The van der Waals surface area contributed by atoms with Gasteiger partial charge in [-0.1, -0.05) is 140 Å². The lowest BCUT2D eigenvalue weighted by Crippen LogP contribution is -2.08. The summed E-state index contributed by atoms with van der Waals surface area (Å²) in [5, 5.41) is 11.8. The van der Waals surface area contributed by atoms with Crippen molar-refractivity contribution in [1.29, 1.82) is 0 Å². The van der Waals surface area contributed by atoms with Gasteiger partial charge in [0.25, 0.3) is 0 Å². The minimum atomic E-state index is 0.474. The number of para-hydroxylation sites is 1. The van der Waals surface area contributed by atoms with E-state index in [1.807, 2.05) is 54.9 Å². The van der Waals surface area contributed by atoms with E-state index in [-0.39, 0.29) is 0 Å². The first-order valence-corrected chi connectivity index (χ1v) is 21.3. The summed E-state index contributed by atoms with van der Waals surface area (Å²) in [5.41, 5.74) is 7.77. The van der Waals surface area contributed by atoms with Crippen LogP contribution in [0.5, 0.6) is 0 Å². The highest BCUT2D eigenvalue weighted by Gasteiger charge is 2.24. The van der Waals surface area contributed by atoms with E-state index in [1.165, 1.54) is 4.70 Å². The van der Waals surface area contributed by atoms with Crippen molar-refractivity contribution >= 4 is 86.4 Å². The normalized spacial score (nSPS) is 11.9. The standard InChI is InChI=1S/C54H31N7S/c1-4-14-37-32(11-1)25-26-45-47(37)43-31-42(35-21-23-36(24-22-35)53-57-44-19-9-10-20-46(44)62-53)40-17-7-8-18-41(40)50(43)61(45)54-59-51(48-38-15-5-2-12-33(38)27-29-55-48)58-52(60-54)49-39-16-6-3-13-34(39)28-30-56-49/h1-31H. The first-order valence-electron chi connectivity index (χ1n) is 20.5. The zero-order valence-corrected chi connectivity index (χ0v) is 33.8. The molecule has 7 nitrogen and oxygen atoms in total. The van der Waals surface area contributed by atoms with Crippen LogP contribution in [-0.4, -0.2) is 34.5 Å². The third-order valence-corrected chi connectivity index (χ3v) is 13.1. The van der Waals surface area contributed by atoms with Gasteiger partial charge in [0.1, 0.15) is 16.4 Å². The topological polar surface area (TPSA) is 82.3 Å². The van der Waals surface area contributed by atoms with Crippen LogP contribution in [0.25, 0.3) is 126 Å². The van der Waals surface area contributed by atoms with Crippen molar-refractivity contribution in [3.63, 3.8) is 0 Å². The molecule has 0 aliphatic rings. The Kier molecular flexibility index (Phi) is 7.64. The van der Waals surface area contributed by atoms with Crippen LogP contribution in [0.4, 0.5) is 0 Å². The summed E-state index contributed by atoms with van der Waals surface area (Å²) in [6.45, 7) is 0. The minimum Gasteiger partial charge on any atom is -0.277 e. The van der Waals surface area contributed by atoms with Crippen molar-refractivity contribution in [2.24, 2.45) is 0 Å². The number of hydrogen-bond acceptors (Lipinski definition) is 7. The number of aromatic nitrogens is 7. The van der Waals surface area contributed by atoms with Gasteiger partial charge in [-0.25, -0.2) is 9.97 Å². The Bertz CT molecular complexity index is 3800. The Labute approximate surface area is 358 Å². The molecular weight excluding hydrogens is 779 g/mol. The van der Waals surface area contributed by atoms with E-state index in [2.05, 4.69) is 138 Å². The molecule has 0 amide bonds.